The second-order valence-corrected chi connectivity index (χ2v) is 33.5. The van der Waals surface area contributed by atoms with Crippen molar-refractivity contribution < 1.29 is 87.2 Å². The van der Waals surface area contributed by atoms with Crippen molar-refractivity contribution in [2.24, 2.45) is 30.7 Å². The van der Waals surface area contributed by atoms with Crippen molar-refractivity contribution in [3.63, 3.8) is 0 Å². The minimum Gasteiger partial charge on any atom is -0.507 e. The first-order chi connectivity index (χ1) is 58.2. The van der Waals surface area contributed by atoms with Gasteiger partial charge in [-0.25, -0.2) is 19.2 Å². The summed E-state index contributed by atoms with van der Waals surface area (Å²) in [5.74, 6) is -2.84. The van der Waals surface area contributed by atoms with E-state index in [1.165, 1.54) is 109 Å². The zero-order valence-electron chi connectivity index (χ0n) is 70.4. The predicted octanol–water partition coefficient (Wildman–Crippen LogP) is 20.9. The zero-order chi connectivity index (χ0) is 88.8. The van der Waals surface area contributed by atoms with Crippen molar-refractivity contribution in [2.75, 3.05) is 33.0 Å². The van der Waals surface area contributed by atoms with Crippen LogP contribution >= 0.6 is 0 Å². The Morgan fingerprint density at radius 1 is 0.309 bits per heavy atom. The molecule has 10 aromatic rings. The maximum atomic E-state index is 14.5. The highest BCUT2D eigenvalue weighted by Gasteiger charge is 2.32. The first-order valence-corrected chi connectivity index (χ1v) is 39.4. The fraction of sp³-hybridized carbons (Fsp3) is 0.312. The van der Waals surface area contributed by atoms with Gasteiger partial charge in [-0.05, 0) is 168 Å². The molecule has 11 rings (SSSR count). The minimum atomic E-state index is -0.838. The Balaban J connectivity index is 1.02. The Hall–Kier alpha value is -14.3. The van der Waals surface area contributed by atoms with E-state index in [9.17, 15) is 64.8 Å². The number of nitro benzene ring substituents is 3. The van der Waals surface area contributed by atoms with Crippen molar-refractivity contribution in [3.8, 4) is 40.2 Å². The number of esters is 4. The van der Waals surface area contributed by atoms with E-state index in [1.807, 2.05) is 48.5 Å². The first-order valence-electron chi connectivity index (χ1n) is 39.4. The molecule has 0 amide bonds. The number of nitro groups is 3. The van der Waals surface area contributed by atoms with E-state index < -0.39 is 107 Å². The average Bonchev–Trinajstić information content (AvgIpc) is 0.758. The number of azo groups is 3. The molecule has 0 saturated heterocycles. The molecule has 0 radical (unpaired) electrons. The van der Waals surface area contributed by atoms with Crippen molar-refractivity contribution in [1.29, 1.82) is 0 Å². The molecule has 10 aromatic carbocycles. The fourth-order valence-electron chi connectivity index (χ4n) is 13.2. The smallest absolute Gasteiger partial charge is 0.344 e. The number of fused-ring (bicyclic) bond motifs is 8. The third-order valence-electron chi connectivity index (χ3n) is 20.0. The lowest BCUT2D eigenvalue weighted by Crippen LogP contribution is -2.21. The average molecular weight is 1670 g/mol. The molecule has 0 saturated carbocycles. The van der Waals surface area contributed by atoms with E-state index >= 15 is 0 Å². The number of hydrogen-bond donors (Lipinski definition) is 3. The third kappa shape index (κ3) is 24.0. The summed E-state index contributed by atoms with van der Waals surface area (Å²) in [5.41, 5.74) is 7.59. The van der Waals surface area contributed by atoms with Crippen LogP contribution in [0.2, 0.25) is 0 Å². The summed E-state index contributed by atoms with van der Waals surface area (Å²) in [4.78, 5) is 89.2. The lowest BCUT2D eigenvalue weighted by molar-refractivity contribution is -0.385. The highest BCUT2D eigenvalue weighted by atomic mass is 16.6. The van der Waals surface area contributed by atoms with E-state index in [0.29, 0.717) is 67.3 Å². The lowest BCUT2D eigenvalue weighted by atomic mass is 9.79. The number of ether oxygens (including phenoxy) is 8. The van der Waals surface area contributed by atoms with Gasteiger partial charge in [0.25, 0.3) is 17.1 Å². The largest absolute Gasteiger partial charge is 0.507 e. The number of non-ortho nitro benzene ring substituents is 3. The molecular weight excluding hydrogens is 1580 g/mol. The number of benzene rings is 10. The molecule has 0 atom stereocenters. The van der Waals surface area contributed by atoms with Gasteiger partial charge < -0.3 is 53.2 Å². The standard InChI is InChI=1S/C93H95N9O21/c1-14-116-82(106)51-120-86-58-33-60-39-67(91(5,6)7)41-62(87(60)121-52-83(107)117-48-55-15-18-73(45-79(55)103)97-94-70-21-27-76(28-22-70)100(110)111)35-64-43-69(93(11,12)13)44-65(89(64)123-54-85(109)119-50-57-17-20-75(47-81(57)105)99-96-72-25-31-78(32-26-72)102(114)115)36-63-42-68(92(8,9)10)40-61(34-59(86)38-66(37-58)90(2,3)4)88(63)122-53-84(108)118-49-56-16-19-74(46-80(56)104)98-95-71-23-29-77(30-24-71)101(112)113/h15-32,37-47,103-105H,14,33-36,48-54H2,1-13H3. The maximum absolute atomic E-state index is 14.5. The summed E-state index contributed by atoms with van der Waals surface area (Å²) >= 11 is 0. The van der Waals surface area contributed by atoms with Gasteiger partial charge >= 0.3 is 23.9 Å². The number of phenolic OH excluding ortho intramolecular Hbond substituents is 3. The molecule has 30 nitrogen and oxygen atoms in total. The summed E-state index contributed by atoms with van der Waals surface area (Å²) < 4.78 is 50.7. The molecule has 8 bridgehead atoms. The van der Waals surface area contributed by atoms with Crippen LogP contribution in [0.25, 0.3) is 0 Å². The van der Waals surface area contributed by atoms with E-state index in [0.717, 1.165) is 22.3 Å². The van der Waals surface area contributed by atoms with Gasteiger partial charge in [-0.3, -0.25) is 30.3 Å². The van der Waals surface area contributed by atoms with Crippen LogP contribution in [-0.2, 0) is 105 Å². The van der Waals surface area contributed by atoms with Crippen LogP contribution in [-0.4, -0.2) is 87.0 Å². The normalized spacial score (nSPS) is 12.4. The monoisotopic (exact) mass is 1670 g/mol. The molecular formula is C93H95N9O21. The summed E-state index contributed by atoms with van der Waals surface area (Å²) in [6.07, 6.45) is 0.0771. The molecule has 0 fully saturated rings. The molecule has 0 aromatic heterocycles. The van der Waals surface area contributed by atoms with Crippen molar-refractivity contribution in [1.82, 2.24) is 0 Å². The maximum Gasteiger partial charge on any atom is 0.344 e. The fourth-order valence-corrected chi connectivity index (χ4v) is 13.2. The number of hydrogen-bond acceptors (Lipinski definition) is 27. The topological polar surface area (TPSA) is 406 Å². The van der Waals surface area contributed by atoms with Crippen LogP contribution in [0.15, 0.2) is 207 Å². The molecule has 0 unspecified atom stereocenters. The van der Waals surface area contributed by atoms with Gasteiger partial charge in [-0.15, -0.1) is 0 Å². The molecule has 3 N–H and O–H groups in total. The molecule has 638 valence electrons. The van der Waals surface area contributed by atoms with Gasteiger partial charge in [0.1, 0.15) is 60.1 Å². The van der Waals surface area contributed by atoms with Crippen molar-refractivity contribution in [3.05, 3.63) is 290 Å². The van der Waals surface area contributed by atoms with Crippen LogP contribution in [0.1, 0.15) is 173 Å². The first kappa shape index (κ1) is 89.5. The van der Waals surface area contributed by atoms with Gasteiger partial charge in [-0.2, -0.15) is 30.7 Å². The highest BCUT2D eigenvalue weighted by molar-refractivity contribution is 5.74. The van der Waals surface area contributed by atoms with Crippen LogP contribution in [0, 0.1) is 30.3 Å². The number of rotatable bonds is 28. The molecule has 0 aliphatic heterocycles. The van der Waals surface area contributed by atoms with E-state index in [1.54, 1.807) is 25.1 Å². The third-order valence-corrected chi connectivity index (χ3v) is 20.0. The van der Waals surface area contributed by atoms with Crippen molar-refractivity contribution >= 4 is 75.1 Å². The van der Waals surface area contributed by atoms with Crippen LogP contribution in [0.5, 0.6) is 40.2 Å². The Morgan fingerprint density at radius 3 is 0.691 bits per heavy atom. The van der Waals surface area contributed by atoms with Gasteiger partial charge in [0, 0.05) is 97.0 Å². The van der Waals surface area contributed by atoms with Gasteiger partial charge in [-0.1, -0.05) is 132 Å². The Bertz CT molecular complexity index is 5510. The van der Waals surface area contributed by atoms with Crippen LogP contribution < -0.4 is 18.9 Å². The van der Waals surface area contributed by atoms with Crippen LogP contribution in [0.3, 0.4) is 0 Å². The molecule has 123 heavy (non-hydrogen) atoms. The minimum absolute atomic E-state index is 0.00134. The number of phenols is 3. The SMILES string of the molecule is CCOC(=O)COc1c2cc(C(C)(C)C)cc1Cc1cc(C(C)(C)C)cc(c1OCC(=O)OCc1ccc(N=Nc3ccc([N+](=O)[O-])cc3)cc1O)Cc1cc(C(C)(C)C)cc(c1OCC(=O)OCc1ccc(N=Nc3ccc([N+](=O)[O-])cc3)cc1O)Cc1cc(C(C)(C)C)cc(c1OCC(=O)OCc1ccc(N=Nc3ccc([N+](=O)[O-])cc3)cc1O)C2. The Kier molecular flexibility index (Phi) is 27.9. The van der Waals surface area contributed by atoms with E-state index in [4.69, 9.17) is 37.9 Å². The summed E-state index contributed by atoms with van der Waals surface area (Å²) in [6, 6.07) is 45.5. The van der Waals surface area contributed by atoms with Crippen LogP contribution in [0.4, 0.5) is 51.2 Å². The van der Waals surface area contributed by atoms with Gasteiger partial charge in [0.2, 0.25) is 0 Å². The van der Waals surface area contributed by atoms with Gasteiger partial charge in [0.05, 0.1) is 55.5 Å². The second-order valence-electron chi connectivity index (χ2n) is 33.5. The molecule has 1 aliphatic carbocycles. The highest BCUT2D eigenvalue weighted by Crippen LogP contribution is 2.46. The summed E-state index contributed by atoms with van der Waals surface area (Å²) in [6.45, 7) is 22.7. The van der Waals surface area contributed by atoms with E-state index in [-0.39, 0.29) is 118 Å². The Labute approximate surface area is 709 Å². The number of nitrogens with zero attached hydrogens (tertiary/aromatic N) is 9. The van der Waals surface area contributed by atoms with Gasteiger partial charge in [0.15, 0.2) is 26.4 Å². The molecule has 0 heterocycles. The number of aromatic hydroxyl groups is 3. The van der Waals surface area contributed by atoms with E-state index in [2.05, 4.69) is 114 Å². The molecule has 1 aliphatic rings. The van der Waals surface area contributed by atoms with Crippen molar-refractivity contribution in [2.45, 2.75) is 157 Å². The number of carbonyl (C=O) groups is 4. The quantitative estimate of drug-likeness (QED) is 0.0135. The molecule has 0 spiro atoms. The number of carbonyl (C=O) groups excluding carboxylic acids is 4. The second kappa shape index (κ2) is 38.4. The summed E-state index contributed by atoms with van der Waals surface area (Å²) in [5, 5.41) is 92.4. The molecule has 30 heteroatoms. The predicted molar refractivity (Wildman–Crippen MR) is 456 cm³/mol. The lowest BCUT2D eigenvalue weighted by Gasteiger charge is -2.29. The zero-order valence-corrected chi connectivity index (χ0v) is 70.4. The Morgan fingerprint density at radius 2 is 0.504 bits per heavy atom. The summed E-state index contributed by atoms with van der Waals surface area (Å²) in [7, 11) is 0.